The number of anilines is 1. The average Bonchev–Trinajstić information content (AvgIpc) is 2.52. The summed E-state index contributed by atoms with van der Waals surface area (Å²) < 4.78 is 0. The number of nitrogen functional groups attached to an aromatic ring is 1. The molecular weight excluding hydrogens is 264 g/mol. The second-order valence-corrected chi connectivity index (χ2v) is 4.90. The monoisotopic (exact) mass is 284 g/mol. The van der Waals surface area contributed by atoms with E-state index in [1.165, 1.54) is 0 Å². The Hall–Kier alpha value is -2.33. The van der Waals surface area contributed by atoms with Crippen molar-refractivity contribution in [2.45, 2.75) is 19.4 Å². The summed E-state index contributed by atoms with van der Waals surface area (Å²) in [5.74, 6) is -0.165. The lowest BCUT2D eigenvalue weighted by molar-refractivity contribution is 0.0915. The predicted octanol–water partition coefficient (Wildman–Crippen LogP) is 2.29. The normalized spacial score (nSPS) is 11.9. The minimum absolute atomic E-state index is 0.165. The van der Waals surface area contributed by atoms with Gasteiger partial charge < -0.3 is 16.2 Å². The third-order valence-electron chi connectivity index (χ3n) is 3.42. The summed E-state index contributed by atoms with van der Waals surface area (Å²) in [5.41, 5.74) is 8.63. The molecule has 4 heteroatoms. The molecule has 1 unspecified atom stereocenters. The Morgan fingerprint density at radius 3 is 2.52 bits per heavy atom. The SMILES string of the molecule is CCc1ccccc1C(=O)NCC(O)c1ccc(N)cc1. The van der Waals surface area contributed by atoms with Crippen LogP contribution in [0.1, 0.15) is 34.5 Å². The summed E-state index contributed by atoms with van der Waals surface area (Å²) in [6.07, 6.45) is 0.0488. The highest BCUT2D eigenvalue weighted by Gasteiger charge is 2.12. The molecule has 2 aromatic rings. The molecule has 0 heterocycles. The molecule has 1 amide bonds. The lowest BCUT2D eigenvalue weighted by Gasteiger charge is -2.13. The first kappa shape index (κ1) is 15.1. The fraction of sp³-hybridized carbons (Fsp3) is 0.235. The average molecular weight is 284 g/mol. The second kappa shape index (κ2) is 6.90. The number of aliphatic hydroxyl groups is 1. The molecule has 0 aromatic heterocycles. The molecule has 1 atom stereocenters. The van der Waals surface area contributed by atoms with Gasteiger partial charge in [-0.05, 0) is 35.7 Å². The minimum atomic E-state index is -0.747. The van der Waals surface area contributed by atoms with Gasteiger partial charge in [0.1, 0.15) is 0 Å². The number of carbonyl (C=O) groups excluding carboxylic acids is 1. The van der Waals surface area contributed by atoms with E-state index in [2.05, 4.69) is 5.32 Å². The first-order valence-electron chi connectivity index (χ1n) is 7.01. The molecule has 0 saturated heterocycles. The number of benzene rings is 2. The van der Waals surface area contributed by atoms with Crippen molar-refractivity contribution in [2.75, 3.05) is 12.3 Å². The maximum absolute atomic E-state index is 12.2. The molecule has 4 nitrogen and oxygen atoms in total. The third-order valence-corrected chi connectivity index (χ3v) is 3.42. The Morgan fingerprint density at radius 2 is 1.86 bits per heavy atom. The smallest absolute Gasteiger partial charge is 0.251 e. The van der Waals surface area contributed by atoms with Gasteiger partial charge in [-0.3, -0.25) is 4.79 Å². The zero-order valence-electron chi connectivity index (χ0n) is 12.0. The number of hydrogen-bond acceptors (Lipinski definition) is 3. The standard InChI is InChI=1S/C17H20N2O2/c1-2-12-5-3-4-6-15(12)17(21)19-11-16(20)13-7-9-14(18)10-8-13/h3-10,16,20H,2,11,18H2,1H3,(H,19,21). The quantitative estimate of drug-likeness (QED) is 0.737. The van der Waals surface area contributed by atoms with Crippen molar-refractivity contribution < 1.29 is 9.90 Å². The van der Waals surface area contributed by atoms with Crippen molar-refractivity contribution in [1.82, 2.24) is 5.32 Å². The molecule has 4 N–H and O–H groups in total. The van der Waals surface area contributed by atoms with Crippen molar-refractivity contribution >= 4 is 11.6 Å². The van der Waals surface area contributed by atoms with Gasteiger partial charge >= 0.3 is 0 Å². The van der Waals surface area contributed by atoms with E-state index in [4.69, 9.17) is 5.73 Å². The molecule has 0 spiro atoms. The van der Waals surface area contributed by atoms with E-state index < -0.39 is 6.10 Å². The van der Waals surface area contributed by atoms with Crippen LogP contribution in [0.25, 0.3) is 0 Å². The summed E-state index contributed by atoms with van der Waals surface area (Å²) in [4.78, 5) is 12.2. The fourth-order valence-electron chi connectivity index (χ4n) is 2.17. The first-order valence-corrected chi connectivity index (χ1v) is 7.01. The largest absolute Gasteiger partial charge is 0.399 e. The molecule has 110 valence electrons. The van der Waals surface area contributed by atoms with E-state index >= 15 is 0 Å². The summed E-state index contributed by atoms with van der Waals surface area (Å²) in [7, 11) is 0. The molecule has 2 aromatic carbocycles. The molecule has 0 aliphatic carbocycles. The van der Waals surface area contributed by atoms with Crippen molar-refractivity contribution in [3.8, 4) is 0 Å². The summed E-state index contributed by atoms with van der Waals surface area (Å²) >= 11 is 0. The van der Waals surface area contributed by atoms with Crippen LogP contribution in [0.2, 0.25) is 0 Å². The van der Waals surface area contributed by atoms with Gasteiger partial charge in [0.05, 0.1) is 6.10 Å². The Kier molecular flexibility index (Phi) is 4.95. The van der Waals surface area contributed by atoms with E-state index in [0.717, 1.165) is 17.5 Å². The van der Waals surface area contributed by atoms with Crippen LogP contribution < -0.4 is 11.1 Å². The van der Waals surface area contributed by atoms with Crippen molar-refractivity contribution in [2.24, 2.45) is 0 Å². The molecule has 2 rings (SSSR count). The van der Waals surface area contributed by atoms with Gasteiger partial charge in [-0.1, -0.05) is 37.3 Å². The zero-order valence-corrected chi connectivity index (χ0v) is 12.0. The number of nitrogens with one attached hydrogen (secondary N) is 1. The molecular formula is C17H20N2O2. The fourth-order valence-corrected chi connectivity index (χ4v) is 2.17. The van der Waals surface area contributed by atoms with E-state index in [1.807, 2.05) is 25.1 Å². The molecule has 0 bridgehead atoms. The van der Waals surface area contributed by atoms with Gasteiger partial charge in [0, 0.05) is 17.8 Å². The molecule has 0 saturated carbocycles. The minimum Gasteiger partial charge on any atom is -0.399 e. The highest BCUT2D eigenvalue weighted by Crippen LogP contribution is 2.14. The Balaban J connectivity index is 1.99. The van der Waals surface area contributed by atoms with Crippen molar-refractivity contribution in [3.05, 3.63) is 65.2 Å². The third kappa shape index (κ3) is 3.83. The Bertz CT molecular complexity index is 608. The molecule has 0 aliphatic heterocycles. The number of aryl methyl sites for hydroxylation is 1. The number of carbonyl (C=O) groups is 1. The topological polar surface area (TPSA) is 75.3 Å². The number of rotatable bonds is 5. The van der Waals surface area contributed by atoms with Crippen LogP contribution in [0.4, 0.5) is 5.69 Å². The second-order valence-electron chi connectivity index (χ2n) is 4.90. The summed E-state index contributed by atoms with van der Waals surface area (Å²) in [6.45, 7) is 2.18. The van der Waals surface area contributed by atoms with Crippen molar-refractivity contribution in [1.29, 1.82) is 0 Å². The maximum atomic E-state index is 12.2. The maximum Gasteiger partial charge on any atom is 0.251 e. The number of hydrogen-bond donors (Lipinski definition) is 3. The van der Waals surface area contributed by atoms with Gasteiger partial charge in [0.15, 0.2) is 0 Å². The van der Waals surface area contributed by atoms with Crippen LogP contribution in [0, 0.1) is 0 Å². The highest BCUT2D eigenvalue weighted by molar-refractivity contribution is 5.95. The van der Waals surface area contributed by atoms with Gasteiger partial charge in [-0.15, -0.1) is 0 Å². The molecule has 0 radical (unpaired) electrons. The zero-order chi connectivity index (χ0) is 15.2. The van der Waals surface area contributed by atoms with Crippen LogP contribution in [0.15, 0.2) is 48.5 Å². The van der Waals surface area contributed by atoms with Crippen LogP contribution in [-0.2, 0) is 6.42 Å². The Morgan fingerprint density at radius 1 is 1.19 bits per heavy atom. The summed E-state index contributed by atoms with van der Waals surface area (Å²) in [5, 5.41) is 12.8. The van der Waals surface area contributed by atoms with E-state index in [0.29, 0.717) is 11.3 Å². The predicted molar refractivity (Wildman–Crippen MR) is 84.0 cm³/mol. The van der Waals surface area contributed by atoms with Crippen LogP contribution >= 0.6 is 0 Å². The number of aliphatic hydroxyl groups excluding tert-OH is 1. The Labute approximate surface area is 124 Å². The van der Waals surface area contributed by atoms with Gasteiger partial charge in [0.2, 0.25) is 0 Å². The lowest BCUT2D eigenvalue weighted by Crippen LogP contribution is -2.29. The first-order chi connectivity index (χ1) is 10.1. The van der Waals surface area contributed by atoms with E-state index in [9.17, 15) is 9.90 Å². The molecule has 21 heavy (non-hydrogen) atoms. The van der Waals surface area contributed by atoms with Crippen LogP contribution in [0.5, 0.6) is 0 Å². The molecule has 0 fully saturated rings. The van der Waals surface area contributed by atoms with E-state index in [-0.39, 0.29) is 12.5 Å². The molecule has 0 aliphatic rings. The number of nitrogens with two attached hydrogens (primary N) is 1. The van der Waals surface area contributed by atoms with Crippen LogP contribution in [0.3, 0.4) is 0 Å². The number of amides is 1. The highest BCUT2D eigenvalue weighted by atomic mass is 16.3. The lowest BCUT2D eigenvalue weighted by atomic mass is 10.0. The van der Waals surface area contributed by atoms with Gasteiger partial charge in [0.25, 0.3) is 5.91 Å². The summed E-state index contributed by atoms with van der Waals surface area (Å²) in [6, 6.07) is 14.5. The van der Waals surface area contributed by atoms with Crippen LogP contribution in [-0.4, -0.2) is 17.6 Å². The van der Waals surface area contributed by atoms with Crippen molar-refractivity contribution in [3.63, 3.8) is 0 Å². The van der Waals surface area contributed by atoms with E-state index in [1.54, 1.807) is 30.3 Å². The van der Waals surface area contributed by atoms with Gasteiger partial charge in [-0.2, -0.15) is 0 Å². The van der Waals surface area contributed by atoms with Gasteiger partial charge in [-0.25, -0.2) is 0 Å².